The number of benzene rings is 2. The highest BCUT2D eigenvalue weighted by atomic mass is 35.5. The summed E-state index contributed by atoms with van der Waals surface area (Å²) in [5.41, 5.74) is 3.14. The molecule has 0 radical (unpaired) electrons. The number of amides is 1. The Kier molecular flexibility index (Phi) is 5.15. The molecule has 0 spiro atoms. The predicted octanol–water partition coefficient (Wildman–Crippen LogP) is 4.04. The monoisotopic (exact) mass is 441 g/mol. The van der Waals surface area contributed by atoms with Crippen molar-refractivity contribution in [2.45, 2.75) is 11.8 Å². The van der Waals surface area contributed by atoms with Gasteiger partial charge in [-0.3, -0.25) is 14.5 Å². The van der Waals surface area contributed by atoms with Crippen LogP contribution in [0.2, 0.25) is 5.02 Å². The number of nitrogens with zero attached hydrogens (tertiary/aromatic N) is 2. The van der Waals surface area contributed by atoms with Gasteiger partial charge in [-0.1, -0.05) is 11.6 Å². The molecular weight excluding hydrogens is 426 g/mol. The quantitative estimate of drug-likeness (QED) is 0.432. The molecule has 4 aromatic rings. The van der Waals surface area contributed by atoms with Gasteiger partial charge in [0.05, 0.1) is 27.3 Å². The Balaban J connectivity index is 1.55. The van der Waals surface area contributed by atoms with E-state index in [9.17, 15) is 13.2 Å². The molecule has 0 unspecified atom stereocenters. The fourth-order valence-electron chi connectivity index (χ4n) is 2.86. The number of anilines is 2. The van der Waals surface area contributed by atoms with Gasteiger partial charge in [-0.25, -0.2) is 13.4 Å². The molecule has 2 heterocycles. The lowest BCUT2D eigenvalue weighted by Gasteiger charge is -2.11. The average Bonchev–Trinajstić information content (AvgIpc) is 3.13. The highest BCUT2D eigenvalue weighted by molar-refractivity contribution is 7.92. The third kappa shape index (κ3) is 4.12. The summed E-state index contributed by atoms with van der Waals surface area (Å²) < 4.78 is 27.9. The van der Waals surface area contributed by atoms with Crippen LogP contribution in [-0.4, -0.2) is 29.3 Å². The Morgan fingerprint density at radius 3 is 2.53 bits per heavy atom. The summed E-state index contributed by atoms with van der Waals surface area (Å²) in [7, 11) is -3.86. The van der Waals surface area contributed by atoms with Crippen LogP contribution in [0.25, 0.3) is 22.4 Å². The molecule has 8 nitrogen and oxygen atoms in total. The van der Waals surface area contributed by atoms with Crippen LogP contribution in [-0.2, 0) is 14.8 Å². The van der Waals surface area contributed by atoms with Gasteiger partial charge in [-0.2, -0.15) is 0 Å². The molecule has 2 aromatic heterocycles. The summed E-state index contributed by atoms with van der Waals surface area (Å²) in [5.74, 6) is 0.360. The number of carbonyl (C=O) groups is 1. The smallest absolute Gasteiger partial charge is 0.261 e. The number of imidazole rings is 1. The fraction of sp³-hybridized carbons (Fsp3) is 0.0500. The van der Waals surface area contributed by atoms with Crippen LogP contribution in [0.4, 0.5) is 11.4 Å². The first-order valence-corrected chi connectivity index (χ1v) is 10.7. The van der Waals surface area contributed by atoms with Crippen molar-refractivity contribution in [2.75, 3.05) is 10.0 Å². The molecule has 0 fully saturated rings. The highest BCUT2D eigenvalue weighted by Gasteiger charge is 2.16. The number of aromatic nitrogens is 3. The van der Waals surface area contributed by atoms with E-state index < -0.39 is 10.0 Å². The molecule has 0 aliphatic carbocycles. The Morgan fingerprint density at radius 2 is 1.87 bits per heavy atom. The molecule has 1 amide bonds. The minimum atomic E-state index is -3.86. The van der Waals surface area contributed by atoms with Gasteiger partial charge >= 0.3 is 0 Å². The van der Waals surface area contributed by atoms with Crippen LogP contribution in [0.1, 0.15) is 6.92 Å². The Hall–Kier alpha value is -3.43. The summed E-state index contributed by atoms with van der Waals surface area (Å²) >= 11 is 6.08. The normalized spacial score (nSPS) is 11.4. The molecule has 0 aliphatic rings. The molecule has 0 aliphatic heterocycles. The fourth-order valence-corrected chi connectivity index (χ4v) is 4.23. The van der Waals surface area contributed by atoms with Gasteiger partial charge in [0.25, 0.3) is 10.0 Å². The lowest BCUT2D eigenvalue weighted by molar-refractivity contribution is -0.114. The van der Waals surface area contributed by atoms with E-state index in [-0.39, 0.29) is 15.8 Å². The van der Waals surface area contributed by atoms with Gasteiger partial charge < -0.3 is 10.3 Å². The SMILES string of the molecule is CC(=O)Nc1ccc(S(=O)(=O)Nc2ccc(-c3nc4cnccc4[nH]3)cc2)cc1Cl. The number of halogens is 1. The molecule has 2 aromatic carbocycles. The predicted molar refractivity (Wildman–Crippen MR) is 116 cm³/mol. The molecule has 30 heavy (non-hydrogen) atoms. The van der Waals surface area contributed by atoms with E-state index in [0.717, 1.165) is 16.6 Å². The van der Waals surface area contributed by atoms with Crippen molar-refractivity contribution in [3.8, 4) is 11.4 Å². The summed E-state index contributed by atoms with van der Waals surface area (Å²) in [5, 5.41) is 2.66. The van der Waals surface area contributed by atoms with Crippen LogP contribution in [0.3, 0.4) is 0 Å². The van der Waals surface area contributed by atoms with Crippen molar-refractivity contribution >= 4 is 49.9 Å². The summed E-state index contributed by atoms with van der Waals surface area (Å²) in [4.78, 5) is 22.8. The lowest BCUT2D eigenvalue weighted by Crippen LogP contribution is -2.13. The number of nitrogens with one attached hydrogen (secondary N) is 3. The van der Waals surface area contributed by atoms with Gasteiger partial charge in [0.1, 0.15) is 11.3 Å². The zero-order chi connectivity index (χ0) is 21.3. The van der Waals surface area contributed by atoms with Crippen molar-refractivity contribution in [1.82, 2.24) is 15.0 Å². The second-order valence-corrected chi connectivity index (χ2v) is 8.57. The van der Waals surface area contributed by atoms with Crippen molar-refractivity contribution in [3.05, 3.63) is 65.9 Å². The lowest BCUT2D eigenvalue weighted by atomic mass is 10.2. The van der Waals surface area contributed by atoms with Crippen LogP contribution in [0.15, 0.2) is 65.8 Å². The van der Waals surface area contributed by atoms with E-state index in [2.05, 4.69) is 25.0 Å². The zero-order valence-electron chi connectivity index (χ0n) is 15.7. The molecule has 152 valence electrons. The van der Waals surface area contributed by atoms with E-state index in [1.54, 1.807) is 36.7 Å². The molecule has 0 saturated heterocycles. The molecule has 0 bridgehead atoms. The maximum atomic E-state index is 12.7. The number of fused-ring (bicyclic) bond motifs is 1. The minimum Gasteiger partial charge on any atom is -0.338 e. The highest BCUT2D eigenvalue weighted by Crippen LogP contribution is 2.27. The van der Waals surface area contributed by atoms with Crippen molar-refractivity contribution in [1.29, 1.82) is 0 Å². The van der Waals surface area contributed by atoms with Gasteiger partial charge in [0, 0.05) is 24.4 Å². The van der Waals surface area contributed by atoms with E-state index in [1.807, 2.05) is 6.07 Å². The number of hydrogen-bond acceptors (Lipinski definition) is 5. The number of pyridine rings is 1. The second kappa shape index (κ2) is 7.77. The van der Waals surface area contributed by atoms with Gasteiger partial charge in [-0.05, 0) is 48.5 Å². The second-order valence-electron chi connectivity index (χ2n) is 6.48. The maximum Gasteiger partial charge on any atom is 0.261 e. The Labute approximate surface area is 177 Å². The number of aromatic amines is 1. The van der Waals surface area contributed by atoms with E-state index >= 15 is 0 Å². The van der Waals surface area contributed by atoms with Crippen LogP contribution in [0.5, 0.6) is 0 Å². The van der Waals surface area contributed by atoms with Crippen molar-refractivity contribution < 1.29 is 13.2 Å². The van der Waals surface area contributed by atoms with Crippen LogP contribution in [0, 0.1) is 0 Å². The number of carbonyl (C=O) groups excluding carboxylic acids is 1. The largest absolute Gasteiger partial charge is 0.338 e. The summed E-state index contributed by atoms with van der Waals surface area (Å²) in [6.07, 6.45) is 3.34. The molecule has 0 atom stereocenters. The number of hydrogen-bond donors (Lipinski definition) is 3. The zero-order valence-corrected chi connectivity index (χ0v) is 17.3. The molecule has 4 rings (SSSR count). The first-order chi connectivity index (χ1) is 14.3. The topological polar surface area (TPSA) is 117 Å². The summed E-state index contributed by atoms with van der Waals surface area (Å²) in [6, 6.07) is 12.7. The summed E-state index contributed by atoms with van der Waals surface area (Å²) in [6.45, 7) is 1.34. The van der Waals surface area contributed by atoms with E-state index in [0.29, 0.717) is 17.2 Å². The van der Waals surface area contributed by atoms with Crippen molar-refractivity contribution in [3.63, 3.8) is 0 Å². The standard InChI is InChI=1S/C20H16ClN5O3S/c1-12(27)23-17-7-6-15(10-16(17)21)30(28,29)26-14-4-2-13(3-5-14)20-24-18-8-9-22-11-19(18)25-20/h2-11,26H,1H3,(H,23,27)(H,24,25). The van der Waals surface area contributed by atoms with E-state index in [1.165, 1.54) is 25.1 Å². The van der Waals surface area contributed by atoms with Gasteiger partial charge in [-0.15, -0.1) is 0 Å². The van der Waals surface area contributed by atoms with E-state index in [4.69, 9.17) is 11.6 Å². The molecular formula is C20H16ClN5O3S. The number of H-pyrrole nitrogens is 1. The van der Waals surface area contributed by atoms with Gasteiger partial charge in [0.2, 0.25) is 5.91 Å². The Morgan fingerprint density at radius 1 is 1.10 bits per heavy atom. The molecule has 3 N–H and O–H groups in total. The Bertz CT molecular complexity index is 1320. The number of rotatable bonds is 5. The van der Waals surface area contributed by atoms with Gasteiger partial charge in [0.15, 0.2) is 0 Å². The van der Waals surface area contributed by atoms with Crippen LogP contribution >= 0.6 is 11.6 Å². The maximum absolute atomic E-state index is 12.7. The number of sulfonamides is 1. The van der Waals surface area contributed by atoms with Crippen molar-refractivity contribution in [2.24, 2.45) is 0 Å². The minimum absolute atomic E-state index is 0.0181. The first kappa shape index (κ1) is 19.9. The average molecular weight is 442 g/mol. The third-order valence-electron chi connectivity index (χ3n) is 4.26. The van der Waals surface area contributed by atoms with Crippen LogP contribution < -0.4 is 10.0 Å². The molecule has 10 heteroatoms. The molecule has 0 saturated carbocycles. The first-order valence-electron chi connectivity index (χ1n) is 8.82. The third-order valence-corrected chi connectivity index (χ3v) is 5.95.